The Hall–Kier alpha value is -1.36. The van der Waals surface area contributed by atoms with Gasteiger partial charge in [0.2, 0.25) is 5.88 Å². The maximum absolute atomic E-state index is 5.27. The molecule has 2 heterocycles. The Morgan fingerprint density at radius 1 is 1.18 bits per heavy atom. The van der Waals surface area contributed by atoms with Gasteiger partial charge in [-0.15, -0.1) is 0 Å². The number of piperidine rings is 1. The second-order valence-electron chi connectivity index (χ2n) is 6.98. The van der Waals surface area contributed by atoms with E-state index in [-0.39, 0.29) is 0 Å². The topological polar surface area (TPSA) is 41.5 Å². The van der Waals surface area contributed by atoms with Crippen molar-refractivity contribution in [3.8, 4) is 5.88 Å². The molecule has 3 rings (SSSR count). The van der Waals surface area contributed by atoms with Crippen molar-refractivity contribution in [3.05, 3.63) is 12.4 Å². The van der Waals surface area contributed by atoms with Gasteiger partial charge < -0.3 is 14.5 Å². The molecule has 0 atom stereocenters. The van der Waals surface area contributed by atoms with E-state index < -0.39 is 0 Å². The summed E-state index contributed by atoms with van der Waals surface area (Å²) in [4.78, 5) is 13.8. The minimum atomic E-state index is 0.607. The molecule has 0 bridgehead atoms. The minimum absolute atomic E-state index is 0.607. The van der Waals surface area contributed by atoms with Crippen molar-refractivity contribution in [1.29, 1.82) is 0 Å². The highest BCUT2D eigenvalue weighted by Crippen LogP contribution is 2.35. The third-order valence-electron chi connectivity index (χ3n) is 4.62. The van der Waals surface area contributed by atoms with Gasteiger partial charge in [0.15, 0.2) is 0 Å². The van der Waals surface area contributed by atoms with E-state index in [1.165, 1.54) is 45.3 Å². The van der Waals surface area contributed by atoms with Gasteiger partial charge in [-0.05, 0) is 31.6 Å². The molecule has 0 aromatic carbocycles. The number of anilines is 1. The fourth-order valence-corrected chi connectivity index (χ4v) is 3.50. The van der Waals surface area contributed by atoms with Gasteiger partial charge in [-0.3, -0.25) is 0 Å². The highest BCUT2D eigenvalue weighted by Gasteiger charge is 2.36. The van der Waals surface area contributed by atoms with E-state index in [4.69, 9.17) is 4.74 Å². The smallest absolute Gasteiger partial charge is 0.218 e. The summed E-state index contributed by atoms with van der Waals surface area (Å²) in [6.45, 7) is 8.23. The first kappa shape index (κ1) is 15.5. The lowest BCUT2D eigenvalue weighted by Crippen LogP contribution is -2.47. The summed E-state index contributed by atoms with van der Waals surface area (Å²) < 4.78 is 5.27. The van der Waals surface area contributed by atoms with E-state index in [1.807, 2.05) is 6.07 Å². The number of likely N-dealkylation sites (tertiary alicyclic amines) is 1. The summed E-state index contributed by atoms with van der Waals surface area (Å²) in [6.07, 6.45) is 6.67. The predicted octanol–water partition coefficient (Wildman–Crippen LogP) is 2.57. The second-order valence-corrected chi connectivity index (χ2v) is 6.98. The molecule has 2 fully saturated rings. The number of rotatable bonds is 6. The summed E-state index contributed by atoms with van der Waals surface area (Å²) in [6, 6.07) is 3.26. The van der Waals surface area contributed by atoms with E-state index >= 15 is 0 Å². The molecule has 5 heteroatoms. The molecule has 1 aliphatic carbocycles. The van der Waals surface area contributed by atoms with Crippen LogP contribution in [0.4, 0.5) is 5.82 Å². The van der Waals surface area contributed by atoms with Crippen LogP contribution in [0.2, 0.25) is 0 Å². The van der Waals surface area contributed by atoms with Crippen LogP contribution in [0.3, 0.4) is 0 Å². The second kappa shape index (κ2) is 6.82. The maximum atomic E-state index is 5.27. The van der Waals surface area contributed by atoms with Crippen LogP contribution in [0.15, 0.2) is 12.4 Å². The third-order valence-corrected chi connectivity index (χ3v) is 4.62. The Balaban J connectivity index is 1.67. The fraction of sp³-hybridized carbons (Fsp3) is 0.765. The molecule has 1 aliphatic heterocycles. The summed E-state index contributed by atoms with van der Waals surface area (Å²) >= 11 is 0. The van der Waals surface area contributed by atoms with Gasteiger partial charge in [-0.1, -0.05) is 13.8 Å². The van der Waals surface area contributed by atoms with E-state index in [0.717, 1.165) is 11.7 Å². The molecule has 1 saturated heterocycles. The highest BCUT2D eigenvalue weighted by atomic mass is 16.5. The largest absolute Gasteiger partial charge is 0.481 e. The molecule has 5 nitrogen and oxygen atoms in total. The Kier molecular flexibility index (Phi) is 4.81. The van der Waals surface area contributed by atoms with Crippen LogP contribution in [0.5, 0.6) is 5.88 Å². The molecule has 0 unspecified atom stereocenters. The van der Waals surface area contributed by atoms with Crippen molar-refractivity contribution in [2.45, 2.75) is 51.6 Å². The van der Waals surface area contributed by atoms with Crippen LogP contribution < -0.4 is 9.64 Å². The zero-order valence-electron chi connectivity index (χ0n) is 14.0. The molecule has 1 aromatic heterocycles. The van der Waals surface area contributed by atoms with E-state index in [2.05, 4.69) is 33.6 Å². The minimum Gasteiger partial charge on any atom is -0.481 e. The number of nitrogens with zero attached hydrogens (tertiary/aromatic N) is 4. The van der Waals surface area contributed by atoms with Crippen LogP contribution >= 0.6 is 0 Å². The summed E-state index contributed by atoms with van der Waals surface area (Å²) in [5.41, 5.74) is 0. The Morgan fingerprint density at radius 2 is 1.86 bits per heavy atom. The number of hydrogen-bond acceptors (Lipinski definition) is 5. The molecule has 1 saturated carbocycles. The quantitative estimate of drug-likeness (QED) is 0.808. The Labute approximate surface area is 133 Å². The van der Waals surface area contributed by atoms with Crippen LogP contribution in [-0.2, 0) is 0 Å². The monoisotopic (exact) mass is 304 g/mol. The molecular formula is C17H28N4O. The van der Waals surface area contributed by atoms with Crippen molar-refractivity contribution < 1.29 is 4.74 Å². The van der Waals surface area contributed by atoms with Crippen LogP contribution in [-0.4, -0.2) is 53.7 Å². The molecule has 0 spiro atoms. The van der Waals surface area contributed by atoms with Crippen LogP contribution in [0.25, 0.3) is 0 Å². The standard InChI is InChI=1S/C17H28N4O/c1-13(2)11-20-8-6-15(7-9-20)21(14-4-5-14)16-10-17(22-3)19-12-18-16/h10,12-15H,4-9,11H2,1-3H3. The summed E-state index contributed by atoms with van der Waals surface area (Å²) in [5.74, 6) is 2.45. The SMILES string of the molecule is COc1cc(N(C2CC2)C2CCN(CC(C)C)CC2)ncn1. The van der Waals surface area contributed by atoms with Crippen molar-refractivity contribution in [3.63, 3.8) is 0 Å². The molecule has 1 aromatic rings. The normalized spacial score (nSPS) is 20.4. The van der Waals surface area contributed by atoms with Crippen molar-refractivity contribution in [1.82, 2.24) is 14.9 Å². The highest BCUT2D eigenvalue weighted by molar-refractivity contribution is 5.45. The van der Waals surface area contributed by atoms with Gasteiger partial charge >= 0.3 is 0 Å². The average molecular weight is 304 g/mol. The summed E-state index contributed by atoms with van der Waals surface area (Å²) in [5, 5.41) is 0. The first-order valence-electron chi connectivity index (χ1n) is 8.54. The zero-order chi connectivity index (χ0) is 15.5. The van der Waals surface area contributed by atoms with Gasteiger partial charge in [0.25, 0.3) is 0 Å². The van der Waals surface area contributed by atoms with Crippen molar-refractivity contribution in [2.75, 3.05) is 31.6 Å². The van der Waals surface area contributed by atoms with Crippen LogP contribution in [0.1, 0.15) is 39.5 Å². The zero-order valence-corrected chi connectivity index (χ0v) is 14.0. The molecule has 0 radical (unpaired) electrons. The number of ether oxygens (including phenoxy) is 1. The summed E-state index contributed by atoms with van der Waals surface area (Å²) in [7, 11) is 1.66. The molecular weight excluding hydrogens is 276 g/mol. The molecule has 0 amide bonds. The van der Waals surface area contributed by atoms with E-state index in [0.29, 0.717) is 18.0 Å². The first-order valence-corrected chi connectivity index (χ1v) is 8.54. The van der Waals surface area contributed by atoms with Gasteiger partial charge in [0, 0.05) is 37.8 Å². The first-order chi connectivity index (χ1) is 10.7. The van der Waals surface area contributed by atoms with E-state index in [1.54, 1.807) is 13.4 Å². The number of hydrogen-bond donors (Lipinski definition) is 0. The maximum Gasteiger partial charge on any atom is 0.218 e. The van der Waals surface area contributed by atoms with Gasteiger partial charge in [-0.25, -0.2) is 9.97 Å². The molecule has 122 valence electrons. The Bertz CT molecular complexity index is 481. The average Bonchev–Trinajstić information content (AvgIpc) is 3.34. The van der Waals surface area contributed by atoms with Crippen molar-refractivity contribution >= 4 is 5.82 Å². The number of aromatic nitrogens is 2. The predicted molar refractivity (Wildman–Crippen MR) is 88.4 cm³/mol. The fourth-order valence-electron chi connectivity index (χ4n) is 3.50. The lowest BCUT2D eigenvalue weighted by molar-refractivity contribution is 0.188. The van der Waals surface area contributed by atoms with Gasteiger partial charge in [0.05, 0.1) is 7.11 Å². The molecule has 0 N–H and O–H groups in total. The third kappa shape index (κ3) is 3.69. The number of methoxy groups -OCH3 is 1. The lowest BCUT2D eigenvalue weighted by Gasteiger charge is -2.40. The van der Waals surface area contributed by atoms with Gasteiger partial charge in [-0.2, -0.15) is 0 Å². The van der Waals surface area contributed by atoms with Gasteiger partial charge in [0.1, 0.15) is 12.1 Å². The van der Waals surface area contributed by atoms with E-state index in [9.17, 15) is 0 Å². The van der Waals surface area contributed by atoms with Crippen molar-refractivity contribution in [2.24, 2.45) is 5.92 Å². The molecule has 2 aliphatic rings. The van der Waals surface area contributed by atoms with Crippen LogP contribution in [0, 0.1) is 5.92 Å². The Morgan fingerprint density at radius 3 is 2.45 bits per heavy atom. The lowest BCUT2D eigenvalue weighted by atomic mass is 10.0. The molecule has 22 heavy (non-hydrogen) atoms.